The van der Waals surface area contributed by atoms with Crippen molar-refractivity contribution in [3.8, 4) is 0 Å². The molecule has 0 atom stereocenters. The van der Waals surface area contributed by atoms with Gasteiger partial charge in [-0.2, -0.15) is 0 Å². The highest BCUT2D eigenvalue weighted by atomic mass is 16.4. The summed E-state index contributed by atoms with van der Waals surface area (Å²) < 4.78 is 0. The topological polar surface area (TPSA) is 66.4 Å². The second-order valence-electron chi connectivity index (χ2n) is 5.93. The van der Waals surface area contributed by atoms with Gasteiger partial charge in [0, 0.05) is 6.54 Å². The van der Waals surface area contributed by atoms with Gasteiger partial charge in [-0.3, -0.25) is 4.79 Å². The van der Waals surface area contributed by atoms with E-state index < -0.39 is 5.97 Å². The Hall–Kier alpha value is -1.84. The molecule has 1 amide bonds. The van der Waals surface area contributed by atoms with Crippen molar-refractivity contribution in [3.05, 3.63) is 35.4 Å². The molecule has 2 rings (SSSR count). The van der Waals surface area contributed by atoms with Crippen LogP contribution in [-0.2, 0) is 11.2 Å². The van der Waals surface area contributed by atoms with Crippen LogP contribution in [0.5, 0.6) is 0 Å². The van der Waals surface area contributed by atoms with Gasteiger partial charge in [0.15, 0.2) is 0 Å². The number of carboxylic acid groups (broad SMARTS) is 1. The molecule has 0 spiro atoms. The molecule has 4 heteroatoms. The minimum Gasteiger partial charge on any atom is -0.478 e. The van der Waals surface area contributed by atoms with E-state index >= 15 is 0 Å². The molecule has 0 bridgehead atoms. The van der Waals surface area contributed by atoms with E-state index in [4.69, 9.17) is 5.11 Å². The number of rotatable bonds is 6. The monoisotopic (exact) mass is 275 g/mol. The maximum Gasteiger partial charge on any atom is 0.335 e. The van der Waals surface area contributed by atoms with E-state index in [1.807, 2.05) is 0 Å². The van der Waals surface area contributed by atoms with Crippen molar-refractivity contribution in [1.29, 1.82) is 0 Å². The van der Waals surface area contributed by atoms with Gasteiger partial charge in [-0.05, 0) is 35.8 Å². The molecule has 20 heavy (non-hydrogen) atoms. The van der Waals surface area contributed by atoms with Gasteiger partial charge >= 0.3 is 5.97 Å². The highest BCUT2D eigenvalue weighted by Crippen LogP contribution is 2.51. The van der Waals surface area contributed by atoms with Crippen LogP contribution in [0.1, 0.15) is 42.6 Å². The zero-order valence-corrected chi connectivity index (χ0v) is 12.0. The Morgan fingerprint density at radius 2 is 1.95 bits per heavy atom. The maximum atomic E-state index is 12.0. The first kappa shape index (κ1) is 14.6. The van der Waals surface area contributed by atoms with Crippen molar-refractivity contribution in [2.75, 3.05) is 6.54 Å². The van der Waals surface area contributed by atoms with Crippen LogP contribution in [0, 0.1) is 11.3 Å². The summed E-state index contributed by atoms with van der Waals surface area (Å²) in [5.74, 6) is -0.533. The Morgan fingerprint density at radius 1 is 1.30 bits per heavy atom. The number of aromatic carboxylic acids is 1. The van der Waals surface area contributed by atoms with Gasteiger partial charge in [-0.25, -0.2) is 4.79 Å². The van der Waals surface area contributed by atoms with Crippen molar-refractivity contribution in [2.24, 2.45) is 11.3 Å². The summed E-state index contributed by atoms with van der Waals surface area (Å²) in [6.07, 6.45) is 2.45. The summed E-state index contributed by atoms with van der Waals surface area (Å²) in [6, 6.07) is 6.65. The third-order valence-electron chi connectivity index (χ3n) is 4.35. The quantitative estimate of drug-likeness (QED) is 0.838. The van der Waals surface area contributed by atoms with Crippen LogP contribution in [0.2, 0.25) is 0 Å². The predicted octanol–water partition coefficient (Wildman–Crippen LogP) is 2.48. The van der Waals surface area contributed by atoms with E-state index in [1.54, 1.807) is 18.2 Å². The van der Waals surface area contributed by atoms with Gasteiger partial charge in [0.2, 0.25) is 5.91 Å². The zero-order chi connectivity index (χ0) is 14.8. The fraction of sp³-hybridized carbons (Fsp3) is 0.500. The minimum atomic E-state index is -0.991. The standard InChI is InChI=1S/C16H21NO3/c1-11(2)16(7-8-16)10-17-14(18)9-12-5-3-4-6-13(12)15(19)20/h3-6,11H,7-10H2,1-2H3,(H,17,18)(H,19,20). The summed E-state index contributed by atoms with van der Waals surface area (Å²) in [4.78, 5) is 23.1. The molecule has 0 saturated heterocycles. The Labute approximate surface area is 119 Å². The molecular weight excluding hydrogens is 254 g/mol. The van der Waals surface area contributed by atoms with Gasteiger partial charge in [0.25, 0.3) is 0 Å². The molecule has 0 aromatic heterocycles. The summed E-state index contributed by atoms with van der Waals surface area (Å²) >= 11 is 0. The van der Waals surface area contributed by atoms with Crippen molar-refractivity contribution < 1.29 is 14.7 Å². The average molecular weight is 275 g/mol. The first-order valence-electron chi connectivity index (χ1n) is 7.02. The lowest BCUT2D eigenvalue weighted by atomic mass is 9.92. The fourth-order valence-corrected chi connectivity index (χ4v) is 2.51. The largest absolute Gasteiger partial charge is 0.478 e. The molecule has 0 heterocycles. The van der Waals surface area contributed by atoms with E-state index in [-0.39, 0.29) is 23.3 Å². The Balaban J connectivity index is 1.94. The number of benzene rings is 1. The SMILES string of the molecule is CC(C)C1(CNC(=O)Cc2ccccc2C(=O)O)CC1. The van der Waals surface area contributed by atoms with E-state index in [1.165, 1.54) is 6.07 Å². The van der Waals surface area contributed by atoms with Crippen LogP contribution >= 0.6 is 0 Å². The number of carbonyl (C=O) groups excluding carboxylic acids is 1. The summed E-state index contributed by atoms with van der Waals surface area (Å²) in [6.45, 7) is 5.05. The fourth-order valence-electron chi connectivity index (χ4n) is 2.51. The Morgan fingerprint density at radius 3 is 2.50 bits per heavy atom. The van der Waals surface area contributed by atoms with Crippen molar-refractivity contribution >= 4 is 11.9 Å². The minimum absolute atomic E-state index is 0.106. The van der Waals surface area contributed by atoms with Crippen molar-refractivity contribution in [1.82, 2.24) is 5.32 Å². The lowest BCUT2D eigenvalue weighted by molar-refractivity contribution is -0.120. The van der Waals surface area contributed by atoms with E-state index in [9.17, 15) is 9.59 Å². The first-order chi connectivity index (χ1) is 9.44. The van der Waals surface area contributed by atoms with Crippen LogP contribution in [0.4, 0.5) is 0 Å². The number of hydrogen-bond donors (Lipinski definition) is 2. The Kier molecular flexibility index (Phi) is 4.12. The van der Waals surface area contributed by atoms with Crippen LogP contribution in [0.3, 0.4) is 0 Å². The molecule has 1 aromatic carbocycles. The second-order valence-corrected chi connectivity index (χ2v) is 5.93. The highest BCUT2D eigenvalue weighted by Gasteiger charge is 2.45. The molecule has 1 saturated carbocycles. The molecule has 1 fully saturated rings. The van der Waals surface area contributed by atoms with Crippen LogP contribution in [0.15, 0.2) is 24.3 Å². The lowest BCUT2D eigenvalue weighted by Gasteiger charge is -2.20. The van der Waals surface area contributed by atoms with Crippen LogP contribution in [-0.4, -0.2) is 23.5 Å². The molecule has 0 radical (unpaired) electrons. The third kappa shape index (κ3) is 3.18. The zero-order valence-electron chi connectivity index (χ0n) is 12.0. The highest BCUT2D eigenvalue weighted by molar-refractivity contribution is 5.91. The average Bonchev–Trinajstić information content (AvgIpc) is 3.18. The molecule has 1 aromatic rings. The number of hydrogen-bond acceptors (Lipinski definition) is 2. The molecule has 0 unspecified atom stereocenters. The number of carboxylic acids is 1. The first-order valence-corrected chi connectivity index (χ1v) is 7.02. The third-order valence-corrected chi connectivity index (χ3v) is 4.35. The predicted molar refractivity (Wildman–Crippen MR) is 76.6 cm³/mol. The molecule has 0 aliphatic heterocycles. The van der Waals surface area contributed by atoms with Crippen molar-refractivity contribution in [2.45, 2.75) is 33.1 Å². The van der Waals surface area contributed by atoms with Gasteiger partial charge in [0.05, 0.1) is 12.0 Å². The van der Waals surface area contributed by atoms with E-state index in [2.05, 4.69) is 19.2 Å². The van der Waals surface area contributed by atoms with Crippen LogP contribution in [0.25, 0.3) is 0 Å². The molecule has 1 aliphatic carbocycles. The maximum absolute atomic E-state index is 12.0. The molecule has 4 nitrogen and oxygen atoms in total. The molecule has 108 valence electrons. The van der Waals surface area contributed by atoms with E-state index in [0.717, 1.165) is 12.8 Å². The Bertz CT molecular complexity index is 518. The lowest BCUT2D eigenvalue weighted by Crippen LogP contribution is -2.33. The molecule has 2 N–H and O–H groups in total. The second kappa shape index (κ2) is 5.65. The normalized spacial score (nSPS) is 15.9. The molecule has 1 aliphatic rings. The summed E-state index contributed by atoms with van der Waals surface area (Å²) in [7, 11) is 0. The number of nitrogens with one attached hydrogen (secondary N) is 1. The smallest absolute Gasteiger partial charge is 0.335 e. The van der Waals surface area contributed by atoms with E-state index in [0.29, 0.717) is 18.0 Å². The van der Waals surface area contributed by atoms with Crippen molar-refractivity contribution in [3.63, 3.8) is 0 Å². The summed E-state index contributed by atoms with van der Waals surface area (Å²) in [5.41, 5.74) is 1.03. The summed E-state index contributed by atoms with van der Waals surface area (Å²) in [5, 5.41) is 12.0. The number of carbonyl (C=O) groups is 2. The van der Waals surface area contributed by atoms with Crippen LogP contribution < -0.4 is 5.32 Å². The van der Waals surface area contributed by atoms with Gasteiger partial charge in [-0.1, -0.05) is 32.0 Å². The van der Waals surface area contributed by atoms with Gasteiger partial charge < -0.3 is 10.4 Å². The van der Waals surface area contributed by atoms with Gasteiger partial charge in [-0.15, -0.1) is 0 Å². The molecular formula is C16H21NO3. The van der Waals surface area contributed by atoms with Gasteiger partial charge in [0.1, 0.15) is 0 Å². The number of amides is 1.